The second-order valence-corrected chi connectivity index (χ2v) is 8.58. The first-order valence-corrected chi connectivity index (χ1v) is 10.9. The van der Waals surface area contributed by atoms with Gasteiger partial charge in [0.2, 0.25) is 17.7 Å². The molecule has 7 heteroatoms. The minimum atomic E-state index is -0.768. The van der Waals surface area contributed by atoms with Crippen LogP contribution in [0.3, 0.4) is 0 Å². The minimum Gasteiger partial charge on any atom is -0.493 e. The summed E-state index contributed by atoms with van der Waals surface area (Å²) in [4.78, 5) is 40.2. The number of nitrogens with one attached hydrogen (secondary N) is 1. The van der Waals surface area contributed by atoms with Gasteiger partial charge in [0.05, 0.1) is 26.1 Å². The molecule has 0 radical (unpaired) electrons. The first kappa shape index (κ1) is 22.8. The Morgan fingerprint density at radius 3 is 2.23 bits per heavy atom. The van der Waals surface area contributed by atoms with Crippen LogP contribution in [0.15, 0.2) is 30.4 Å². The van der Waals surface area contributed by atoms with E-state index in [0.717, 1.165) is 5.56 Å². The van der Waals surface area contributed by atoms with Crippen LogP contribution in [-0.4, -0.2) is 49.4 Å². The van der Waals surface area contributed by atoms with Gasteiger partial charge in [-0.25, -0.2) is 0 Å². The van der Waals surface area contributed by atoms with Crippen LogP contribution in [0.4, 0.5) is 0 Å². The number of amides is 3. The monoisotopic (exact) mass is 428 g/mol. The molecule has 0 spiro atoms. The Morgan fingerprint density at radius 2 is 1.68 bits per heavy atom. The van der Waals surface area contributed by atoms with E-state index in [9.17, 15) is 14.4 Å². The fraction of sp³-hybridized carbons (Fsp3) is 0.542. The maximum absolute atomic E-state index is 13.1. The first-order chi connectivity index (χ1) is 14.9. The average molecular weight is 429 g/mol. The molecular weight excluding hydrogens is 396 g/mol. The summed E-state index contributed by atoms with van der Waals surface area (Å²) in [6, 6.07) is 4.86. The molecule has 3 atom stereocenters. The third-order valence-corrected chi connectivity index (χ3v) is 6.01. The van der Waals surface area contributed by atoms with Gasteiger partial charge in [-0.3, -0.25) is 19.3 Å². The molecule has 3 amide bonds. The third kappa shape index (κ3) is 4.92. The lowest BCUT2D eigenvalue weighted by atomic mass is 9.85. The summed E-state index contributed by atoms with van der Waals surface area (Å²) < 4.78 is 10.6. The summed E-state index contributed by atoms with van der Waals surface area (Å²) in [5.41, 5.74) is 0.990. The summed E-state index contributed by atoms with van der Waals surface area (Å²) >= 11 is 0. The number of carbonyl (C=O) groups excluding carboxylic acids is 3. The summed E-state index contributed by atoms with van der Waals surface area (Å²) in [6.07, 6.45) is 6.10. The Bertz CT molecular complexity index is 838. The van der Waals surface area contributed by atoms with Crippen molar-refractivity contribution < 1.29 is 23.9 Å². The van der Waals surface area contributed by atoms with E-state index in [0.29, 0.717) is 43.7 Å². The Hall–Kier alpha value is -2.83. The van der Waals surface area contributed by atoms with Crippen LogP contribution in [0.25, 0.3) is 0 Å². The SMILES string of the molecule is COc1ccc(CCNC(=O)C(CC(C)C)N2C(=O)C3CC=CCC3C2=O)cc1OC. The Balaban J connectivity index is 1.67. The number of allylic oxidation sites excluding steroid dienone is 2. The van der Waals surface area contributed by atoms with Gasteiger partial charge >= 0.3 is 0 Å². The van der Waals surface area contributed by atoms with E-state index < -0.39 is 6.04 Å². The van der Waals surface area contributed by atoms with Crippen LogP contribution >= 0.6 is 0 Å². The number of benzene rings is 1. The fourth-order valence-corrected chi connectivity index (χ4v) is 4.39. The van der Waals surface area contributed by atoms with Crippen molar-refractivity contribution in [3.8, 4) is 11.5 Å². The van der Waals surface area contributed by atoms with E-state index in [2.05, 4.69) is 5.32 Å². The van der Waals surface area contributed by atoms with Crippen LogP contribution in [-0.2, 0) is 20.8 Å². The van der Waals surface area contributed by atoms with Gasteiger partial charge in [-0.1, -0.05) is 32.1 Å². The van der Waals surface area contributed by atoms with Crippen molar-refractivity contribution in [2.75, 3.05) is 20.8 Å². The molecule has 1 aliphatic heterocycles. The van der Waals surface area contributed by atoms with Gasteiger partial charge in [-0.05, 0) is 49.3 Å². The molecule has 1 saturated heterocycles. The van der Waals surface area contributed by atoms with Crippen LogP contribution < -0.4 is 14.8 Å². The molecule has 1 aliphatic carbocycles. The number of carbonyl (C=O) groups is 3. The average Bonchev–Trinajstić information content (AvgIpc) is 3.02. The number of likely N-dealkylation sites (tertiary alicyclic amines) is 1. The van der Waals surface area contributed by atoms with Gasteiger partial charge in [0, 0.05) is 6.54 Å². The quantitative estimate of drug-likeness (QED) is 0.483. The number of fused-ring (bicyclic) bond motifs is 1. The summed E-state index contributed by atoms with van der Waals surface area (Å²) in [6.45, 7) is 4.38. The lowest BCUT2D eigenvalue weighted by Crippen LogP contribution is -2.51. The third-order valence-electron chi connectivity index (χ3n) is 6.01. The second kappa shape index (κ2) is 9.98. The molecule has 31 heavy (non-hydrogen) atoms. The molecule has 1 heterocycles. The van der Waals surface area contributed by atoms with Crippen LogP contribution in [0, 0.1) is 17.8 Å². The topological polar surface area (TPSA) is 84.9 Å². The molecule has 7 nitrogen and oxygen atoms in total. The number of rotatable bonds is 9. The predicted molar refractivity (Wildman–Crippen MR) is 117 cm³/mol. The van der Waals surface area contributed by atoms with Gasteiger partial charge in [-0.15, -0.1) is 0 Å². The van der Waals surface area contributed by atoms with Crippen LogP contribution in [0.5, 0.6) is 11.5 Å². The highest BCUT2D eigenvalue weighted by molar-refractivity contribution is 6.08. The van der Waals surface area contributed by atoms with E-state index in [-0.39, 0.29) is 35.5 Å². The summed E-state index contributed by atoms with van der Waals surface area (Å²) in [5, 5.41) is 2.93. The molecule has 1 aromatic rings. The van der Waals surface area contributed by atoms with Crippen molar-refractivity contribution in [2.45, 2.75) is 45.6 Å². The first-order valence-electron chi connectivity index (χ1n) is 10.9. The van der Waals surface area contributed by atoms with Crippen molar-refractivity contribution in [2.24, 2.45) is 17.8 Å². The smallest absolute Gasteiger partial charge is 0.243 e. The van der Waals surface area contributed by atoms with Crippen molar-refractivity contribution in [3.63, 3.8) is 0 Å². The molecule has 0 bridgehead atoms. The van der Waals surface area contributed by atoms with Gasteiger partial charge in [0.25, 0.3) is 0 Å². The zero-order valence-electron chi connectivity index (χ0n) is 18.7. The lowest BCUT2D eigenvalue weighted by Gasteiger charge is -2.27. The van der Waals surface area contributed by atoms with Crippen molar-refractivity contribution >= 4 is 17.7 Å². The van der Waals surface area contributed by atoms with E-state index in [1.807, 2.05) is 44.2 Å². The van der Waals surface area contributed by atoms with Gasteiger partial charge < -0.3 is 14.8 Å². The maximum Gasteiger partial charge on any atom is 0.243 e. The largest absolute Gasteiger partial charge is 0.493 e. The zero-order valence-corrected chi connectivity index (χ0v) is 18.7. The molecule has 2 aliphatic rings. The number of hydrogen-bond acceptors (Lipinski definition) is 5. The van der Waals surface area contributed by atoms with E-state index in [1.165, 1.54) is 4.90 Å². The molecule has 168 valence electrons. The summed E-state index contributed by atoms with van der Waals surface area (Å²) in [7, 11) is 3.16. The number of hydrogen-bond donors (Lipinski definition) is 1. The van der Waals surface area contributed by atoms with Crippen LogP contribution in [0.1, 0.15) is 38.7 Å². The fourth-order valence-electron chi connectivity index (χ4n) is 4.39. The van der Waals surface area contributed by atoms with Crippen molar-refractivity contribution in [1.29, 1.82) is 0 Å². The van der Waals surface area contributed by atoms with Crippen LogP contribution in [0.2, 0.25) is 0 Å². The molecular formula is C24H32N2O5. The Labute approximate surface area is 183 Å². The second-order valence-electron chi connectivity index (χ2n) is 8.58. The Morgan fingerprint density at radius 1 is 1.06 bits per heavy atom. The van der Waals surface area contributed by atoms with Gasteiger partial charge in [0.1, 0.15) is 6.04 Å². The molecule has 1 N–H and O–H groups in total. The van der Waals surface area contributed by atoms with Gasteiger partial charge in [-0.2, -0.15) is 0 Å². The summed E-state index contributed by atoms with van der Waals surface area (Å²) in [5.74, 6) is 0.103. The number of ether oxygens (including phenoxy) is 2. The molecule has 0 aromatic heterocycles. The molecule has 3 rings (SSSR count). The Kier molecular flexibility index (Phi) is 7.36. The molecule has 1 aromatic carbocycles. The normalized spacial score (nSPS) is 21.3. The van der Waals surface area contributed by atoms with Crippen molar-refractivity contribution in [3.05, 3.63) is 35.9 Å². The number of methoxy groups -OCH3 is 2. The highest BCUT2D eigenvalue weighted by atomic mass is 16.5. The van der Waals surface area contributed by atoms with E-state index in [4.69, 9.17) is 9.47 Å². The maximum atomic E-state index is 13.1. The standard InChI is InChI=1S/C24H32N2O5/c1-15(2)13-19(26-23(28)17-7-5-6-8-18(17)24(26)29)22(27)25-12-11-16-9-10-20(30-3)21(14-16)31-4/h5-6,9-10,14-15,17-19H,7-8,11-13H2,1-4H3,(H,25,27). The molecule has 3 unspecified atom stereocenters. The number of nitrogens with zero attached hydrogens (tertiary/aromatic N) is 1. The highest BCUT2D eigenvalue weighted by Crippen LogP contribution is 2.37. The molecule has 1 fully saturated rings. The van der Waals surface area contributed by atoms with Gasteiger partial charge in [0.15, 0.2) is 11.5 Å². The van der Waals surface area contributed by atoms with Crippen molar-refractivity contribution in [1.82, 2.24) is 10.2 Å². The number of imide groups is 1. The predicted octanol–water partition coefficient (Wildman–Crippen LogP) is 2.73. The zero-order chi connectivity index (χ0) is 22.5. The lowest BCUT2D eigenvalue weighted by molar-refractivity contribution is -0.148. The molecule has 0 saturated carbocycles. The minimum absolute atomic E-state index is 0.169. The highest BCUT2D eigenvalue weighted by Gasteiger charge is 2.51. The van der Waals surface area contributed by atoms with E-state index >= 15 is 0 Å². The van der Waals surface area contributed by atoms with E-state index in [1.54, 1.807) is 14.2 Å².